The van der Waals surface area contributed by atoms with E-state index in [1.54, 1.807) is 24.3 Å². The molecule has 128 valence electrons. The van der Waals surface area contributed by atoms with Gasteiger partial charge in [0, 0.05) is 24.6 Å². The molecule has 0 atom stereocenters. The summed E-state index contributed by atoms with van der Waals surface area (Å²) in [5, 5.41) is 14.7. The maximum absolute atomic E-state index is 12.2. The SMILES string of the molecule is Cc1ccc(CNc2ncc(C(=O)Nc3ccc(C#N)cc3)cn2)cc1. The molecule has 0 bridgehead atoms. The Hall–Kier alpha value is -3.72. The predicted molar refractivity (Wildman–Crippen MR) is 99.6 cm³/mol. The molecule has 2 N–H and O–H groups in total. The average Bonchev–Trinajstić information content (AvgIpc) is 2.68. The Kier molecular flexibility index (Phi) is 5.20. The summed E-state index contributed by atoms with van der Waals surface area (Å²) in [6.45, 7) is 2.65. The number of anilines is 2. The van der Waals surface area contributed by atoms with E-state index in [1.807, 2.05) is 25.1 Å². The van der Waals surface area contributed by atoms with Crippen LogP contribution in [0.2, 0.25) is 0 Å². The van der Waals surface area contributed by atoms with Gasteiger partial charge in [-0.25, -0.2) is 9.97 Å². The number of nitriles is 1. The van der Waals surface area contributed by atoms with Crippen LogP contribution in [0.1, 0.15) is 27.0 Å². The van der Waals surface area contributed by atoms with Gasteiger partial charge < -0.3 is 10.6 Å². The zero-order valence-electron chi connectivity index (χ0n) is 14.2. The van der Waals surface area contributed by atoms with Crippen molar-refractivity contribution in [1.82, 2.24) is 9.97 Å². The second-order valence-corrected chi connectivity index (χ2v) is 5.78. The van der Waals surface area contributed by atoms with E-state index in [4.69, 9.17) is 5.26 Å². The lowest BCUT2D eigenvalue weighted by molar-refractivity contribution is 0.102. The van der Waals surface area contributed by atoms with Gasteiger partial charge in [0.05, 0.1) is 17.2 Å². The van der Waals surface area contributed by atoms with Gasteiger partial charge in [0.1, 0.15) is 0 Å². The molecule has 0 spiro atoms. The van der Waals surface area contributed by atoms with E-state index < -0.39 is 0 Å². The van der Waals surface area contributed by atoms with Crippen molar-refractivity contribution in [2.75, 3.05) is 10.6 Å². The second kappa shape index (κ2) is 7.90. The van der Waals surface area contributed by atoms with Gasteiger partial charge in [0.15, 0.2) is 0 Å². The van der Waals surface area contributed by atoms with E-state index in [0.717, 1.165) is 5.56 Å². The monoisotopic (exact) mass is 343 g/mol. The van der Waals surface area contributed by atoms with Crippen molar-refractivity contribution in [1.29, 1.82) is 5.26 Å². The van der Waals surface area contributed by atoms with Crippen LogP contribution in [0.3, 0.4) is 0 Å². The van der Waals surface area contributed by atoms with Crippen LogP contribution < -0.4 is 10.6 Å². The van der Waals surface area contributed by atoms with Gasteiger partial charge in [0.2, 0.25) is 5.95 Å². The van der Waals surface area contributed by atoms with E-state index in [-0.39, 0.29) is 5.91 Å². The van der Waals surface area contributed by atoms with Crippen molar-refractivity contribution in [3.8, 4) is 6.07 Å². The second-order valence-electron chi connectivity index (χ2n) is 5.78. The molecule has 0 radical (unpaired) electrons. The fourth-order valence-corrected chi connectivity index (χ4v) is 2.25. The van der Waals surface area contributed by atoms with Crippen LogP contribution in [0.4, 0.5) is 11.6 Å². The number of carbonyl (C=O) groups excluding carboxylic acids is 1. The molecule has 1 aromatic heterocycles. The molecule has 0 unspecified atom stereocenters. The highest BCUT2D eigenvalue weighted by Gasteiger charge is 2.08. The molecular formula is C20H17N5O. The molecular weight excluding hydrogens is 326 g/mol. The smallest absolute Gasteiger partial charge is 0.258 e. The summed E-state index contributed by atoms with van der Waals surface area (Å²) >= 11 is 0. The maximum Gasteiger partial charge on any atom is 0.258 e. The zero-order chi connectivity index (χ0) is 18.4. The van der Waals surface area contributed by atoms with Gasteiger partial charge in [-0.3, -0.25) is 4.79 Å². The van der Waals surface area contributed by atoms with Crippen LogP contribution >= 0.6 is 0 Å². The first-order chi connectivity index (χ1) is 12.6. The van der Waals surface area contributed by atoms with E-state index in [1.165, 1.54) is 18.0 Å². The first-order valence-corrected chi connectivity index (χ1v) is 8.07. The molecule has 2 aromatic carbocycles. The Morgan fingerprint density at radius 3 is 2.31 bits per heavy atom. The number of rotatable bonds is 5. The number of nitrogens with zero attached hydrogens (tertiary/aromatic N) is 3. The maximum atomic E-state index is 12.2. The summed E-state index contributed by atoms with van der Waals surface area (Å²) in [4.78, 5) is 20.6. The van der Waals surface area contributed by atoms with Crippen LogP contribution in [0, 0.1) is 18.3 Å². The number of carbonyl (C=O) groups is 1. The largest absolute Gasteiger partial charge is 0.350 e. The highest BCUT2D eigenvalue weighted by atomic mass is 16.1. The molecule has 0 aliphatic heterocycles. The van der Waals surface area contributed by atoms with Crippen molar-refractivity contribution in [3.63, 3.8) is 0 Å². The lowest BCUT2D eigenvalue weighted by Gasteiger charge is -2.07. The van der Waals surface area contributed by atoms with Crippen molar-refractivity contribution >= 4 is 17.5 Å². The Balaban J connectivity index is 1.58. The van der Waals surface area contributed by atoms with Crippen molar-refractivity contribution in [3.05, 3.63) is 83.2 Å². The van der Waals surface area contributed by atoms with Gasteiger partial charge >= 0.3 is 0 Å². The Bertz CT molecular complexity index is 926. The van der Waals surface area contributed by atoms with E-state index in [9.17, 15) is 4.79 Å². The number of hydrogen-bond acceptors (Lipinski definition) is 5. The van der Waals surface area contributed by atoms with Gasteiger partial charge in [-0.15, -0.1) is 0 Å². The molecule has 0 fully saturated rings. The summed E-state index contributed by atoms with van der Waals surface area (Å²) in [5.74, 6) is 0.153. The standard InChI is InChI=1S/C20H17N5O/c1-14-2-4-16(5-3-14)11-22-20-23-12-17(13-24-20)19(26)25-18-8-6-15(10-21)7-9-18/h2-9,12-13H,11H2,1H3,(H,25,26)(H,22,23,24). The van der Waals surface area contributed by atoms with Gasteiger partial charge in [-0.2, -0.15) is 5.26 Å². The highest BCUT2D eigenvalue weighted by molar-refractivity contribution is 6.03. The van der Waals surface area contributed by atoms with Gasteiger partial charge in [-0.1, -0.05) is 29.8 Å². The minimum Gasteiger partial charge on any atom is -0.350 e. The molecule has 0 saturated carbocycles. The third-order valence-electron chi connectivity index (χ3n) is 3.76. The molecule has 3 aromatic rings. The molecule has 6 nitrogen and oxygen atoms in total. The quantitative estimate of drug-likeness (QED) is 0.739. The average molecular weight is 343 g/mol. The first-order valence-electron chi connectivity index (χ1n) is 8.07. The summed E-state index contributed by atoms with van der Waals surface area (Å²) < 4.78 is 0. The lowest BCUT2D eigenvalue weighted by atomic mass is 10.1. The Labute approximate surface area is 151 Å². The molecule has 6 heteroatoms. The van der Waals surface area contributed by atoms with Crippen LogP contribution in [0.25, 0.3) is 0 Å². The number of aryl methyl sites for hydroxylation is 1. The van der Waals surface area contributed by atoms with Crippen LogP contribution in [-0.4, -0.2) is 15.9 Å². The van der Waals surface area contributed by atoms with Crippen LogP contribution in [0.5, 0.6) is 0 Å². The van der Waals surface area contributed by atoms with Gasteiger partial charge in [-0.05, 0) is 36.8 Å². The summed E-state index contributed by atoms with van der Waals surface area (Å²) in [7, 11) is 0. The summed E-state index contributed by atoms with van der Waals surface area (Å²) in [6.07, 6.45) is 2.95. The number of aromatic nitrogens is 2. The molecule has 0 saturated heterocycles. The number of benzene rings is 2. The lowest BCUT2D eigenvalue weighted by Crippen LogP contribution is -2.13. The van der Waals surface area contributed by atoms with Crippen molar-refractivity contribution in [2.45, 2.75) is 13.5 Å². The number of hydrogen-bond donors (Lipinski definition) is 2. The minimum atomic E-state index is -0.306. The van der Waals surface area contributed by atoms with Crippen molar-refractivity contribution < 1.29 is 4.79 Å². The highest BCUT2D eigenvalue weighted by Crippen LogP contribution is 2.11. The molecule has 1 amide bonds. The molecule has 26 heavy (non-hydrogen) atoms. The first kappa shape index (κ1) is 17.1. The van der Waals surface area contributed by atoms with E-state index in [2.05, 4.69) is 32.7 Å². The number of nitrogens with one attached hydrogen (secondary N) is 2. The van der Waals surface area contributed by atoms with Crippen LogP contribution in [0.15, 0.2) is 60.9 Å². The Morgan fingerprint density at radius 2 is 1.69 bits per heavy atom. The Morgan fingerprint density at radius 1 is 1.04 bits per heavy atom. The molecule has 0 aliphatic carbocycles. The van der Waals surface area contributed by atoms with Crippen molar-refractivity contribution in [2.24, 2.45) is 0 Å². The normalized spacial score (nSPS) is 10.0. The fraction of sp³-hybridized carbons (Fsp3) is 0.100. The molecule has 0 aliphatic rings. The topological polar surface area (TPSA) is 90.7 Å². The predicted octanol–water partition coefficient (Wildman–Crippen LogP) is 3.52. The fourth-order valence-electron chi connectivity index (χ4n) is 2.25. The molecule has 3 rings (SSSR count). The number of amides is 1. The van der Waals surface area contributed by atoms with E-state index in [0.29, 0.717) is 29.3 Å². The van der Waals surface area contributed by atoms with E-state index >= 15 is 0 Å². The third-order valence-corrected chi connectivity index (χ3v) is 3.76. The zero-order valence-corrected chi connectivity index (χ0v) is 14.2. The molecule has 1 heterocycles. The summed E-state index contributed by atoms with van der Waals surface area (Å²) in [6, 6.07) is 16.9. The minimum absolute atomic E-state index is 0.306. The third kappa shape index (κ3) is 4.42. The van der Waals surface area contributed by atoms with Crippen LogP contribution in [-0.2, 0) is 6.54 Å². The van der Waals surface area contributed by atoms with Gasteiger partial charge in [0.25, 0.3) is 5.91 Å². The summed E-state index contributed by atoms with van der Waals surface area (Å²) in [5.41, 5.74) is 3.84.